The minimum absolute atomic E-state index is 0.676. The molecule has 0 atom stereocenters. The van der Waals surface area contributed by atoms with E-state index in [0.717, 1.165) is 30.8 Å². The fourth-order valence-electron chi connectivity index (χ4n) is 2.06. The van der Waals surface area contributed by atoms with Gasteiger partial charge in [0.25, 0.3) is 0 Å². The molecular formula is C15H21N3O. The molecule has 0 radical (unpaired) electrons. The minimum Gasteiger partial charge on any atom is -0.383 e. The Hall–Kier alpha value is -1.65. The Bertz CT molecular complexity index is 528. The summed E-state index contributed by atoms with van der Waals surface area (Å²) in [4.78, 5) is 4.52. The molecule has 1 aromatic carbocycles. The van der Waals surface area contributed by atoms with Gasteiger partial charge in [-0.1, -0.05) is 31.2 Å². The lowest BCUT2D eigenvalue weighted by molar-refractivity contribution is 0.210. The lowest BCUT2D eigenvalue weighted by Crippen LogP contribution is -2.13. The normalized spacial score (nSPS) is 10.8. The van der Waals surface area contributed by atoms with Crippen LogP contribution in [0.1, 0.15) is 12.5 Å². The first kappa shape index (κ1) is 13.8. The molecule has 0 spiro atoms. The average molecular weight is 259 g/mol. The van der Waals surface area contributed by atoms with Crippen LogP contribution < -0.4 is 10.6 Å². The molecule has 0 bridgehead atoms. The van der Waals surface area contributed by atoms with Gasteiger partial charge in [-0.15, -0.1) is 0 Å². The summed E-state index contributed by atoms with van der Waals surface area (Å²) in [6.07, 6.45) is 1.94. The van der Waals surface area contributed by atoms with E-state index in [-0.39, 0.29) is 0 Å². The molecule has 0 saturated heterocycles. The maximum atomic E-state index is 5.05. The first-order valence-electron chi connectivity index (χ1n) is 6.67. The van der Waals surface area contributed by atoms with E-state index in [4.69, 9.17) is 4.74 Å². The Morgan fingerprint density at radius 3 is 2.74 bits per heavy atom. The summed E-state index contributed by atoms with van der Waals surface area (Å²) in [5.41, 5.74) is 1.23. The SMILES string of the molecule is CCNCc1cnc(NCCOC)c2ccccc12. The lowest BCUT2D eigenvalue weighted by Gasteiger charge is -2.12. The lowest BCUT2D eigenvalue weighted by atomic mass is 10.1. The van der Waals surface area contributed by atoms with Crippen LogP contribution in [0.4, 0.5) is 5.82 Å². The molecule has 0 aliphatic rings. The standard InChI is InChI=1S/C15H21N3O/c1-3-16-10-12-11-18-15(17-8-9-19-2)14-7-5-4-6-13(12)14/h4-7,11,16H,3,8-10H2,1-2H3,(H,17,18). The van der Waals surface area contributed by atoms with Crippen LogP contribution in [0.25, 0.3) is 10.8 Å². The molecule has 0 fully saturated rings. The van der Waals surface area contributed by atoms with Gasteiger partial charge in [-0.05, 0) is 17.5 Å². The average Bonchev–Trinajstić information content (AvgIpc) is 2.46. The summed E-state index contributed by atoms with van der Waals surface area (Å²) in [5, 5.41) is 9.07. The largest absolute Gasteiger partial charge is 0.383 e. The van der Waals surface area contributed by atoms with E-state index in [2.05, 4.69) is 40.7 Å². The van der Waals surface area contributed by atoms with E-state index >= 15 is 0 Å². The Balaban J connectivity index is 2.29. The van der Waals surface area contributed by atoms with Crippen molar-refractivity contribution in [2.24, 2.45) is 0 Å². The zero-order chi connectivity index (χ0) is 13.5. The zero-order valence-corrected chi connectivity index (χ0v) is 11.6. The van der Waals surface area contributed by atoms with Gasteiger partial charge in [0, 0.05) is 31.8 Å². The van der Waals surface area contributed by atoms with E-state index in [1.165, 1.54) is 10.9 Å². The van der Waals surface area contributed by atoms with Crippen molar-refractivity contribution in [2.75, 3.05) is 32.1 Å². The Morgan fingerprint density at radius 1 is 1.21 bits per heavy atom. The second-order valence-corrected chi connectivity index (χ2v) is 4.38. The maximum Gasteiger partial charge on any atom is 0.133 e. The summed E-state index contributed by atoms with van der Waals surface area (Å²) in [5.74, 6) is 0.924. The van der Waals surface area contributed by atoms with Gasteiger partial charge >= 0.3 is 0 Å². The highest BCUT2D eigenvalue weighted by molar-refractivity contribution is 5.93. The van der Waals surface area contributed by atoms with E-state index < -0.39 is 0 Å². The van der Waals surface area contributed by atoms with Crippen LogP contribution in [0, 0.1) is 0 Å². The highest BCUT2D eigenvalue weighted by Gasteiger charge is 2.06. The summed E-state index contributed by atoms with van der Waals surface area (Å²) in [7, 11) is 1.70. The molecule has 0 saturated carbocycles. The zero-order valence-electron chi connectivity index (χ0n) is 11.6. The number of ether oxygens (including phenoxy) is 1. The van der Waals surface area contributed by atoms with Gasteiger partial charge in [0.1, 0.15) is 5.82 Å². The summed E-state index contributed by atoms with van der Waals surface area (Å²) < 4.78 is 5.05. The molecule has 2 N–H and O–H groups in total. The molecule has 2 aromatic rings. The monoisotopic (exact) mass is 259 g/mol. The van der Waals surface area contributed by atoms with Crippen molar-refractivity contribution in [3.05, 3.63) is 36.0 Å². The van der Waals surface area contributed by atoms with Crippen LogP contribution >= 0.6 is 0 Å². The third kappa shape index (κ3) is 3.43. The molecule has 0 amide bonds. The van der Waals surface area contributed by atoms with Gasteiger partial charge in [-0.3, -0.25) is 0 Å². The quantitative estimate of drug-likeness (QED) is 0.750. The van der Waals surface area contributed by atoms with E-state index in [9.17, 15) is 0 Å². The smallest absolute Gasteiger partial charge is 0.133 e. The number of benzene rings is 1. The molecule has 0 aliphatic carbocycles. The van der Waals surface area contributed by atoms with E-state index in [0.29, 0.717) is 6.61 Å². The molecule has 0 aliphatic heterocycles. The third-order valence-electron chi connectivity index (χ3n) is 3.04. The van der Waals surface area contributed by atoms with Crippen molar-refractivity contribution in [1.29, 1.82) is 0 Å². The van der Waals surface area contributed by atoms with Gasteiger partial charge in [0.2, 0.25) is 0 Å². The minimum atomic E-state index is 0.676. The topological polar surface area (TPSA) is 46.2 Å². The van der Waals surface area contributed by atoms with Crippen molar-refractivity contribution >= 4 is 16.6 Å². The van der Waals surface area contributed by atoms with Gasteiger partial charge in [-0.2, -0.15) is 0 Å². The molecule has 0 unspecified atom stereocenters. The number of fused-ring (bicyclic) bond motifs is 1. The number of aromatic nitrogens is 1. The summed E-state index contributed by atoms with van der Waals surface area (Å²) in [6, 6.07) is 8.36. The first-order chi connectivity index (χ1) is 9.36. The third-order valence-corrected chi connectivity index (χ3v) is 3.04. The number of rotatable bonds is 7. The van der Waals surface area contributed by atoms with Crippen LogP contribution in [0.5, 0.6) is 0 Å². The number of hydrogen-bond donors (Lipinski definition) is 2. The molecule has 19 heavy (non-hydrogen) atoms. The van der Waals surface area contributed by atoms with Crippen molar-refractivity contribution in [1.82, 2.24) is 10.3 Å². The summed E-state index contributed by atoms with van der Waals surface area (Å²) in [6.45, 7) is 5.36. The number of nitrogens with one attached hydrogen (secondary N) is 2. The van der Waals surface area contributed by atoms with Crippen LogP contribution in [-0.2, 0) is 11.3 Å². The fraction of sp³-hybridized carbons (Fsp3) is 0.400. The first-order valence-corrected chi connectivity index (χ1v) is 6.67. The highest BCUT2D eigenvalue weighted by atomic mass is 16.5. The second-order valence-electron chi connectivity index (χ2n) is 4.38. The molecule has 2 rings (SSSR count). The Kier molecular flexibility index (Phi) is 5.12. The molecule has 102 valence electrons. The second kappa shape index (κ2) is 7.07. The number of nitrogens with zero attached hydrogens (tertiary/aromatic N) is 1. The molecule has 4 nitrogen and oxygen atoms in total. The van der Waals surface area contributed by atoms with Crippen LogP contribution in [0.3, 0.4) is 0 Å². The Labute approximate surface area is 114 Å². The van der Waals surface area contributed by atoms with Gasteiger partial charge in [-0.25, -0.2) is 4.98 Å². The maximum absolute atomic E-state index is 5.05. The van der Waals surface area contributed by atoms with Crippen molar-refractivity contribution in [3.63, 3.8) is 0 Å². The number of pyridine rings is 1. The van der Waals surface area contributed by atoms with Gasteiger partial charge < -0.3 is 15.4 Å². The summed E-state index contributed by atoms with van der Waals surface area (Å²) >= 11 is 0. The molecule has 1 aromatic heterocycles. The number of methoxy groups -OCH3 is 1. The van der Waals surface area contributed by atoms with Crippen LogP contribution in [0.15, 0.2) is 30.5 Å². The van der Waals surface area contributed by atoms with Crippen molar-refractivity contribution in [2.45, 2.75) is 13.5 Å². The number of hydrogen-bond acceptors (Lipinski definition) is 4. The Morgan fingerprint density at radius 2 is 2.00 bits per heavy atom. The highest BCUT2D eigenvalue weighted by Crippen LogP contribution is 2.24. The van der Waals surface area contributed by atoms with Gasteiger partial charge in [0.15, 0.2) is 0 Å². The van der Waals surface area contributed by atoms with Crippen molar-refractivity contribution in [3.8, 4) is 0 Å². The van der Waals surface area contributed by atoms with Crippen LogP contribution in [-0.4, -0.2) is 31.8 Å². The van der Waals surface area contributed by atoms with E-state index in [1.807, 2.05) is 12.3 Å². The molecule has 1 heterocycles. The number of anilines is 1. The predicted octanol–water partition coefficient (Wildman–Crippen LogP) is 2.40. The van der Waals surface area contributed by atoms with Crippen molar-refractivity contribution < 1.29 is 4.74 Å². The van der Waals surface area contributed by atoms with Gasteiger partial charge in [0.05, 0.1) is 6.61 Å². The molecular weight excluding hydrogens is 238 g/mol. The fourth-order valence-corrected chi connectivity index (χ4v) is 2.06. The molecule has 4 heteroatoms. The predicted molar refractivity (Wildman–Crippen MR) is 79.5 cm³/mol. The van der Waals surface area contributed by atoms with E-state index in [1.54, 1.807) is 7.11 Å². The van der Waals surface area contributed by atoms with Crippen LogP contribution in [0.2, 0.25) is 0 Å².